The Morgan fingerprint density at radius 1 is 1.23 bits per heavy atom. The van der Waals surface area contributed by atoms with Gasteiger partial charge in [0.05, 0.1) is 10.6 Å². The molecular weight excluding hydrogens is 200 g/mol. The van der Waals surface area contributed by atoms with Gasteiger partial charge < -0.3 is 0 Å². The van der Waals surface area contributed by atoms with Crippen LogP contribution < -0.4 is 0 Å². The molecule has 1 nitrogen and oxygen atoms in total. The second kappa shape index (κ2) is 2.59. The maximum Gasteiger partial charge on any atom is 0.184 e. The molecule has 3 rings (SSSR count). The lowest BCUT2D eigenvalue weighted by Gasteiger charge is -1.90. The van der Waals surface area contributed by atoms with Gasteiger partial charge in [0.15, 0.2) is 5.78 Å². The normalized spacial score (nSPS) is 15.2. The molecular formula is C10H6OS2. The lowest BCUT2D eigenvalue weighted by molar-refractivity contribution is 0.102. The molecule has 64 valence electrons. The van der Waals surface area contributed by atoms with Crippen LogP contribution in [0, 0.1) is 0 Å². The number of benzene rings is 1. The maximum atomic E-state index is 11.4. The summed E-state index contributed by atoms with van der Waals surface area (Å²) in [5.41, 5.74) is 0. The van der Waals surface area contributed by atoms with Crippen molar-refractivity contribution >= 4 is 39.0 Å². The minimum atomic E-state index is 0.293. The fourth-order valence-corrected chi connectivity index (χ4v) is 4.04. The first-order valence-electron chi connectivity index (χ1n) is 4.04. The Morgan fingerprint density at radius 2 is 2.08 bits per heavy atom. The number of Topliss-reactive ketones (excluding diaryl/α,β-unsaturated/α-hetero) is 1. The minimum Gasteiger partial charge on any atom is -0.292 e. The standard InChI is InChI=1S/C10H6OS2/c11-7-5-12-9-6-3-1-2-4-8(6)13-10(7)9/h1-4H,5H2. The molecule has 0 saturated heterocycles. The second-order valence-corrected chi connectivity index (χ2v) is 5.01. The van der Waals surface area contributed by atoms with Crippen molar-refractivity contribution in [3.8, 4) is 0 Å². The van der Waals surface area contributed by atoms with Crippen LogP contribution in [-0.2, 0) is 0 Å². The number of carbonyl (C=O) groups is 1. The highest BCUT2D eigenvalue weighted by Crippen LogP contribution is 2.42. The van der Waals surface area contributed by atoms with Crippen LogP contribution in [0.15, 0.2) is 29.2 Å². The average molecular weight is 206 g/mol. The maximum absolute atomic E-state index is 11.4. The van der Waals surface area contributed by atoms with Gasteiger partial charge in [-0.05, 0) is 6.07 Å². The number of rotatable bonds is 0. The van der Waals surface area contributed by atoms with Gasteiger partial charge in [-0.25, -0.2) is 0 Å². The molecule has 3 heteroatoms. The van der Waals surface area contributed by atoms with E-state index in [1.165, 1.54) is 15.0 Å². The van der Waals surface area contributed by atoms with E-state index in [0.29, 0.717) is 11.5 Å². The molecule has 0 unspecified atom stereocenters. The van der Waals surface area contributed by atoms with Crippen LogP contribution in [0.25, 0.3) is 10.1 Å². The number of fused-ring (bicyclic) bond motifs is 3. The number of hydrogen-bond donors (Lipinski definition) is 0. The highest BCUT2D eigenvalue weighted by molar-refractivity contribution is 8.01. The zero-order valence-electron chi connectivity index (χ0n) is 6.74. The molecule has 0 atom stereocenters. The van der Waals surface area contributed by atoms with Crippen LogP contribution in [-0.4, -0.2) is 11.5 Å². The van der Waals surface area contributed by atoms with Gasteiger partial charge in [-0.3, -0.25) is 4.79 Å². The van der Waals surface area contributed by atoms with E-state index in [9.17, 15) is 4.79 Å². The van der Waals surface area contributed by atoms with Crippen LogP contribution in [0.5, 0.6) is 0 Å². The zero-order chi connectivity index (χ0) is 8.84. The molecule has 0 bridgehead atoms. The minimum absolute atomic E-state index is 0.293. The van der Waals surface area contributed by atoms with Gasteiger partial charge in [0.1, 0.15) is 0 Å². The molecule has 0 N–H and O–H groups in total. The van der Waals surface area contributed by atoms with E-state index in [1.54, 1.807) is 23.1 Å². The summed E-state index contributed by atoms with van der Waals surface area (Å²) in [6, 6.07) is 8.21. The molecule has 2 aromatic rings. The van der Waals surface area contributed by atoms with Gasteiger partial charge in [-0.2, -0.15) is 0 Å². The third-order valence-electron chi connectivity index (χ3n) is 2.15. The molecule has 0 radical (unpaired) electrons. The third kappa shape index (κ3) is 0.974. The molecule has 0 amide bonds. The lowest BCUT2D eigenvalue weighted by atomic mass is 10.2. The van der Waals surface area contributed by atoms with E-state index in [0.717, 1.165) is 4.88 Å². The summed E-state index contributed by atoms with van der Waals surface area (Å²) in [4.78, 5) is 13.6. The fourth-order valence-electron chi connectivity index (χ4n) is 1.55. The number of thiophene rings is 1. The summed E-state index contributed by atoms with van der Waals surface area (Å²) in [5, 5.41) is 1.25. The molecule has 13 heavy (non-hydrogen) atoms. The van der Waals surface area contributed by atoms with Crippen molar-refractivity contribution in [2.45, 2.75) is 4.90 Å². The van der Waals surface area contributed by atoms with Gasteiger partial charge in [0.25, 0.3) is 0 Å². The van der Waals surface area contributed by atoms with E-state index in [4.69, 9.17) is 0 Å². The zero-order valence-corrected chi connectivity index (χ0v) is 8.37. The van der Waals surface area contributed by atoms with Crippen molar-refractivity contribution in [2.75, 3.05) is 5.75 Å². The van der Waals surface area contributed by atoms with Gasteiger partial charge in [0.2, 0.25) is 0 Å². The van der Waals surface area contributed by atoms with Crippen molar-refractivity contribution in [3.63, 3.8) is 0 Å². The molecule has 1 aromatic heterocycles. The van der Waals surface area contributed by atoms with Crippen LogP contribution in [0.1, 0.15) is 9.67 Å². The number of thioether (sulfide) groups is 1. The quantitative estimate of drug-likeness (QED) is 0.658. The summed E-state index contributed by atoms with van der Waals surface area (Å²) < 4.78 is 1.23. The topological polar surface area (TPSA) is 17.1 Å². The number of hydrogen-bond acceptors (Lipinski definition) is 3. The van der Waals surface area contributed by atoms with Crippen molar-refractivity contribution < 1.29 is 4.79 Å². The molecule has 0 saturated carbocycles. The molecule has 0 aliphatic carbocycles. The van der Waals surface area contributed by atoms with Crippen molar-refractivity contribution in [1.29, 1.82) is 0 Å². The molecule has 0 fully saturated rings. The highest BCUT2D eigenvalue weighted by atomic mass is 32.2. The Kier molecular flexibility index (Phi) is 1.51. The van der Waals surface area contributed by atoms with E-state index in [-0.39, 0.29) is 0 Å². The lowest BCUT2D eigenvalue weighted by Crippen LogP contribution is -1.90. The van der Waals surface area contributed by atoms with E-state index in [1.807, 2.05) is 12.1 Å². The van der Waals surface area contributed by atoms with E-state index < -0.39 is 0 Å². The molecule has 2 heterocycles. The van der Waals surface area contributed by atoms with Crippen LogP contribution in [0.4, 0.5) is 0 Å². The molecule has 1 aromatic carbocycles. The predicted octanol–water partition coefficient (Wildman–Crippen LogP) is 3.19. The fraction of sp³-hybridized carbons (Fsp3) is 0.100. The summed E-state index contributed by atoms with van der Waals surface area (Å²) >= 11 is 3.30. The summed E-state index contributed by atoms with van der Waals surface area (Å²) in [6.07, 6.45) is 0. The molecule has 1 aliphatic heterocycles. The largest absolute Gasteiger partial charge is 0.292 e. The first-order valence-corrected chi connectivity index (χ1v) is 5.84. The van der Waals surface area contributed by atoms with Gasteiger partial charge >= 0.3 is 0 Å². The summed E-state index contributed by atoms with van der Waals surface area (Å²) in [7, 11) is 0. The van der Waals surface area contributed by atoms with E-state index in [2.05, 4.69) is 12.1 Å². The second-order valence-electron chi connectivity index (χ2n) is 2.97. The third-order valence-corrected chi connectivity index (χ3v) is 4.61. The molecule has 1 aliphatic rings. The van der Waals surface area contributed by atoms with Crippen LogP contribution >= 0.6 is 23.1 Å². The number of carbonyl (C=O) groups excluding carboxylic acids is 1. The predicted molar refractivity (Wildman–Crippen MR) is 56.9 cm³/mol. The Balaban J connectivity index is 2.44. The summed E-state index contributed by atoms with van der Waals surface area (Å²) in [5.74, 6) is 0.924. The monoisotopic (exact) mass is 206 g/mol. The van der Waals surface area contributed by atoms with E-state index >= 15 is 0 Å². The Hall–Kier alpha value is -0.800. The van der Waals surface area contributed by atoms with Gasteiger partial charge in [-0.1, -0.05) is 18.2 Å². The smallest absolute Gasteiger partial charge is 0.184 e. The SMILES string of the molecule is O=C1CSc2c1sc1ccccc21. The summed E-state index contributed by atoms with van der Waals surface area (Å²) in [6.45, 7) is 0. The van der Waals surface area contributed by atoms with Gasteiger partial charge in [0, 0.05) is 15.0 Å². The van der Waals surface area contributed by atoms with Crippen molar-refractivity contribution in [3.05, 3.63) is 29.1 Å². The Morgan fingerprint density at radius 3 is 3.00 bits per heavy atom. The highest BCUT2D eigenvalue weighted by Gasteiger charge is 2.24. The number of ketones is 1. The van der Waals surface area contributed by atoms with Crippen LogP contribution in [0.3, 0.4) is 0 Å². The Labute approximate surface area is 83.8 Å². The first-order chi connectivity index (χ1) is 6.36. The Bertz CT molecular complexity index is 499. The average Bonchev–Trinajstić information content (AvgIpc) is 2.67. The van der Waals surface area contributed by atoms with Crippen molar-refractivity contribution in [1.82, 2.24) is 0 Å². The van der Waals surface area contributed by atoms with Gasteiger partial charge in [-0.15, -0.1) is 23.1 Å². The first kappa shape index (κ1) is 7.59. The van der Waals surface area contributed by atoms with Crippen LogP contribution in [0.2, 0.25) is 0 Å². The van der Waals surface area contributed by atoms with Crippen molar-refractivity contribution in [2.24, 2.45) is 0 Å². The molecule has 0 spiro atoms.